The number of piperazine rings is 1. The highest BCUT2D eigenvalue weighted by Gasteiger charge is 2.18. The SMILES string of the molecule is Cc1cc(NC(=O)c2sccc2-c2ccccc2)ccc1N1CCN(C)CC1. The van der Waals surface area contributed by atoms with Gasteiger partial charge in [0.25, 0.3) is 5.91 Å². The minimum atomic E-state index is -0.0550. The molecule has 1 amide bonds. The van der Waals surface area contributed by atoms with Crippen LogP contribution in [0.2, 0.25) is 0 Å². The number of nitrogens with zero attached hydrogens (tertiary/aromatic N) is 2. The highest BCUT2D eigenvalue weighted by molar-refractivity contribution is 7.12. The monoisotopic (exact) mass is 391 g/mol. The van der Waals surface area contributed by atoms with Gasteiger partial charge in [-0.15, -0.1) is 11.3 Å². The van der Waals surface area contributed by atoms with Crippen molar-refractivity contribution in [1.29, 1.82) is 0 Å². The van der Waals surface area contributed by atoms with Crippen molar-refractivity contribution in [1.82, 2.24) is 4.90 Å². The molecule has 0 radical (unpaired) electrons. The summed E-state index contributed by atoms with van der Waals surface area (Å²) < 4.78 is 0. The van der Waals surface area contributed by atoms with Gasteiger partial charge >= 0.3 is 0 Å². The van der Waals surface area contributed by atoms with Gasteiger partial charge in [-0.1, -0.05) is 30.3 Å². The van der Waals surface area contributed by atoms with Crippen LogP contribution in [0.5, 0.6) is 0 Å². The Morgan fingerprint density at radius 3 is 2.46 bits per heavy atom. The van der Waals surface area contributed by atoms with E-state index in [1.807, 2.05) is 47.8 Å². The molecule has 1 N–H and O–H groups in total. The summed E-state index contributed by atoms with van der Waals surface area (Å²) in [7, 11) is 2.16. The lowest BCUT2D eigenvalue weighted by Gasteiger charge is -2.35. The van der Waals surface area contributed by atoms with E-state index < -0.39 is 0 Å². The van der Waals surface area contributed by atoms with E-state index in [1.165, 1.54) is 22.6 Å². The first kappa shape index (κ1) is 18.7. The van der Waals surface area contributed by atoms with Gasteiger partial charge in [-0.25, -0.2) is 0 Å². The van der Waals surface area contributed by atoms with E-state index in [1.54, 1.807) is 0 Å². The lowest BCUT2D eigenvalue weighted by Crippen LogP contribution is -2.44. The van der Waals surface area contributed by atoms with Gasteiger partial charge in [0.1, 0.15) is 0 Å². The lowest BCUT2D eigenvalue weighted by atomic mass is 10.1. The van der Waals surface area contributed by atoms with Crippen molar-refractivity contribution in [2.75, 3.05) is 43.4 Å². The third kappa shape index (κ3) is 3.96. The summed E-state index contributed by atoms with van der Waals surface area (Å²) in [5, 5.41) is 5.05. The molecular weight excluding hydrogens is 366 g/mol. The Morgan fingerprint density at radius 1 is 1.00 bits per heavy atom. The number of anilines is 2. The molecule has 3 aromatic rings. The number of rotatable bonds is 4. The minimum absolute atomic E-state index is 0.0550. The van der Waals surface area contributed by atoms with Crippen LogP contribution < -0.4 is 10.2 Å². The van der Waals surface area contributed by atoms with Crippen LogP contribution in [-0.2, 0) is 0 Å². The average molecular weight is 392 g/mol. The minimum Gasteiger partial charge on any atom is -0.369 e. The van der Waals surface area contributed by atoms with Crippen LogP contribution >= 0.6 is 11.3 Å². The second-order valence-electron chi connectivity index (χ2n) is 7.28. The molecule has 4 rings (SSSR count). The standard InChI is InChI=1S/C23H25N3OS/c1-17-16-19(8-9-21(17)26-13-11-25(2)12-14-26)24-23(27)22-20(10-15-28-22)18-6-4-3-5-7-18/h3-10,15-16H,11-14H2,1-2H3,(H,24,27). The number of carbonyl (C=O) groups is 1. The van der Waals surface area contributed by atoms with Gasteiger partial charge in [0, 0.05) is 43.1 Å². The van der Waals surface area contributed by atoms with Crippen molar-refractivity contribution in [2.45, 2.75) is 6.92 Å². The fourth-order valence-electron chi connectivity index (χ4n) is 3.65. The normalized spacial score (nSPS) is 14.9. The third-order valence-corrected chi connectivity index (χ3v) is 6.17. The Morgan fingerprint density at radius 2 is 1.75 bits per heavy atom. The van der Waals surface area contributed by atoms with E-state index in [2.05, 4.69) is 41.2 Å². The van der Waals surface area contributed by atoms with E-state index in [4.69, 9.17) is 0 Å². The summed E-state index contributed by atoms with van der Waals surface area (Å²) in [6.45, 7) is 6.36. The fourth-order valence-corrected chi connectivity index (χ4v) is 4.46. The molecule has 1 fully saturated rings. The topological polar surface area (TPSA) is 35.6 Å². The zero-order valence-electron chi connectivity index (χ0n) is 16.3. The fraction of sp³-hybridized carbons (Fsp3) is 0.261. The van der Waals surface area contributed by atoms with Crippen LogP contribution in [-0.4, -0.2) is 44.0 Å². The summed E-state index contributed by atoms with van der Waals surface area (Å²) >= 11 is 1.48. The second-order valence-corrected chi connectivity index (χ2v) is 8.19. The molecule has 0 unspecified atom stereocenters. The van der Waals surface area contributed by atoms with Crippen molar-refractivity contribution in [3.63, 3.8) is 0 Å². The van der Waals surface area contributed by atoms with Gasteiger partial charge in [0.2, 0.25) is 0 Å². The number of amides is 1. The van der Waals surface area contributed by atoms with Crippen LogP contribution in [0.3, 0.4) is 0 Å². The summed E-state index contributed by atoms with van der Waals surface area (Å²) in [6.07, 6.45) is 0. The van der Waals surface area contributed by atoms with Gasteiger partial charge in [-0.3, -0.25) is 4.79 Å². The molecule has 4 nitrogen and oxygen atoms in total. The maximum Gasteiger partial charge on any atom is 0.266 e. The summed E-state index contributed by atoms with van der Waals surface area (Å²) in [4.78, 5) is 18.4. The van der Waals surface area contributed by atoms with Crippen molar-refractivity contribution in [2.24, 2.45) is 0 Å². The van der Waals surface area contributed by atoms with Crippen LogP contribution in [0.4, 0.5) is 11.4 Å². The molecule has 0 spiro atoms. The predicted molar refractivity (Wildman–Crippen MR) is 119 cm³/mol. The van der Waals surface area contributed by atoms with E-state index in [-0.39, 0.29) is 5.91 Å². The van der Waals surface area contributed by atoms with Crippen molar-refractivity contribution in [3.05, 3.63) is 70.4 Å². The van der Waals surface area contributed by atoms with Gasteiger partial charge in [0.15, 0.2) is 0 Å². The van der Waals surface area contributed by atoms with Crippen molar-refractivity contribution < 1.29 is 4.79 Å². The largest absolute Gasteiger partial charge is 0.369 e. The molecule has 2 heterocycles. The molecule has 1 aromatic heterocycles. The van der Waals surface area contributed by atoms with E-state index in [9.17, 15) is 4.79 Å². The maximum atomic E-state index is 12.9. The third-order valence-electron chi connectivity index (χ3n) is 5.25. The number of hydrogen-bond donors (Lipinski definition) is 1. The number of aryl methyl sites for hydroxylation is 1. The smallest absolute Gasteiger partial charge is 0.266 e. The quantitative estimate of drug-likeness (QED) is 0.698. The summed E-state index contributed by atoms with van der Waals surface area (Å²) in [6, 6.07) is 18.3. The van der Waals surface area contributed by atoms with Crippen LogP contribution in [0, 0.1) is 6.92 Å². The summed E-state index contributed by atoms with van der Waals surface area (Å²) in [5.41, 5.74) is 5.33. The number of carbonyl (C=O) groups excluding carboxylic acids is 1. The molecule has 0 bridgehead atoms. The first-order chi connectivity index (χ1) is 13.6. The highest BCUT2D eigenvalue weighted by Crippen LogP contribution is 2.30. The Labute approximate surface area is 170 Å². The molecule has 2 aromatic carbocycles. The van der Waals surface area contributed by atoms with Gasteiger partial charge in [0.05, 0.1) is 4.88 Å². The van der Waals surface area contributed by atoms with E-state index in [0.717, 1.165) is 47.9 Å². The number of hydrogen-bond acceptors (Lipinski definition) is 4. The molecule has 28 heavy (non-hydrogen) atoms. The zero-order chi connectivity index (χ0) is 19.5. The van der Waals surface area contributed by atoms with E-state index in [0.29, 0.717) is 0 Å². The average Bonchev–Trinajstić information content (AvgIpc) is 3.20. The van der Waals surface area contributed by atoms with Gasteiger partial charge in [-0.05, 0) is 54.7 Å². The Balaban J connectivity index is 1.50. The summed E-state index contributed by atoms with van der Waals surface area (Å²) in [5.74, 6) is -0.0550. The molecule has 1 aliphatic rings. The van der Waals surface area contributed by atoms with Crippen LogP contribution in [0.15, 0.2) is 60.0 Å². The maximum absolute atomic E-state index is 12.9. The number of thiophene rings is 1. The molecule has 5 heteroatoms. The highest BCUT2D eigenvalue weighted by atomic mass is 32.1. The van der Waals surface area contributed by atoms with Crippen LogP contribution in [0.1, 0.15) is 15.2 Å². The Bertz CT molecular complexity index is 959. The van der Waals surface area contributed by atoms with Crippen molar-refractivity contribution >= 4 is 28.6 Å². The Hall–Kier alpha value is -2.63. The van der Waals surface area contributed by atoms with E-state index >= 15 is 0 Å². The van der Waals surface area contributed by atoms with Crippen LogP contribution in [0.25, 0.3) is 11.1 Å². The molecule has 1 saturated heterocycles. The van der Waals surface area contributed by atoms with Gasteiger partial charge < -0.3 is 15.1 Å². The number of nitrogens with one attached hydrogen (secondary N) is 1. The zero-order valence-corrected chi connectivity index (χ0v) is 17.1. The molecular formula is C23H25N3OS. The first-order valence-electron chi connectivity index (χ1n) is 9.60. The number of likely N-dealkylation sites (N-methyl/N-ethyl adjacent to an activating group) is 1. The van der Waals surface area contributed by atoms with Crippen molar-refractivity contribution in [3.8, 4) is 11.1 Å². The van der Waals surface area contributed by atoms with Gasteiger partial charge in [-0.2, -0.15) is 0 Å². The first-order valence-corrected chi connectivity index (χ1v) is 10.5. The molecule has 0 atom stereocenters. The molecule has 1 aliphatic heterocycles. The predicted octanol–water partition coefficient (Wildman–Crippen LogP) is 4.73. The molecule has 0 saturated carbocycles. The number of benzene rings is 2. The Kier molecular flexibility index (Phi) is 5.46. The lowest BCUT2D eigenvalue weighted by molar-refractivity contribution is 0.103. The second kappa shape index (κ2) is 8.17. The molecule has 144 valence electrons. The molecule has 0 aliphatic carbocycles.